The Bertz CT molecular complexity index is 671. The lowest BCUT2D eigenvalue weighted by molar-refractivity contribution is -0.0520. The van der Waals surface area contributed by atoms with E-state index in [1.807, 2.05) is 51.1 Å². The maximum Gasteiger partial charge on any atom is 0.413 e. The van der Waals surface area contributed by atoms with Crippen LogP contribution in [0.2, 0.25) is 0 Å². The van der Waals surface area contributed by atoms with E-state index in [9.17, 15) is 9.90 Å². The highest BCUT2D eigenvalue weighted by atomic mass is 16.6. The predicted molar refractivity (Wildman–Crippen MR) is 110 cm³/mol. The summed E-state index contributed by atoms with van der Waals surface area (Å²) in [5, 5.41) is 10.6. The third-order valence-electron chi connectivity index (χ3n) is 4.50. The number of ether oxygens (including phenoxy) is 2. The quantitative estimate of drug-likeness (QED) is 0.570. The van der Waals surface area contributed by atoms with Crippen molar-refractivity contribution in [3.05, 3.63) is 35.9 Å². The number of carbonyl (C=O) groups is 1. The smallest absolute Gasteiger partial charge is 0.413 e. The highest BCUT2D eigenvalue weighted by molar-refractivity contribution is 5.69. The first-order valence-corrected chi connectivity index (χ1v) is 10.2. The molecule has 0 spiro atoms. The van der Waals surface area contributed by atoms with Gasteiger partial charge in [0.1, 0.15) is 5.60 Å². The number of aliphatic hydroxyl groups is 1. The van der Waals surface area contributed by atoms with Gasteiger partial charge in [-0.05, 0) is 32.8 Å². The molecule has 0 aliphatic carbocycles. The third kappa shape index (κ3) is 6.54. The van der Waals surface area contributed by atoms with E-state index in [2.05, 4.69) is 18.8 Å². The lowest BCUT2D eigenvalue weighted by Crippen LogP contribution is -2.46. The second-order valence-electron chi connectivity index (χ2n) is 8.11. The zero-order valence-corrected chi connectivity index (χ0v) is 17.5. The fourth-order valence-corrected chi connectivity index (χ4v) is 3.14. The van der Waals surface area contributed by atoms with Crippen molar-refractivity contribution in [2.75, 3.05) is 6.61 Å². The minimum atomic E-state index is -1.08. The van der Waals surface area contributed by atoms with Crippen LogP contribution in [0.3, 0.4) is 0 Å². The van der Waals surface area contributed by atoms with Crippen molar-refractivity contribution in [1.82, 2.24) is 4.90 Å². The molecule has 2 rings (SSSR count). The van der Waals surface area contributed by atoms with E-state index >= 15 is 0 Å². The van der Waals surface area contributed by atoms with Gasteiger partial charge in [0.05, 0.1) is 12.6 Å². The predicted octanol–water partition coefficient (Wildman–Crippen LogP) is 4.66. The van der Waals surface area contributed by atoms with Gasteiger partial charge in [-0.3, -0.25) is 4.90 Å². The first-order chi connectivity index (χ1) is 13.3. The number of carbonyl (C=O) groups excluding carboxylic acids is 1. The molecule has 1 aromatic rings. The van der Waals surface area contributed by atoms with Gasteiger partial charge in [-0.1, -0.05) is 62.4 Å². The molecule has 1 N–H and O–H groups in total. The first-order valence-electron chi connectivity index (χ1n) is 10.2. The number of hydrogen-bond acceptors (Lipinski definition) is 4. The van der Waals surface area contributed by atoms with Crippen LogP contribution < -0.4 is 0 Å². The molecule has 1 aromatic carbocycles. The summed E-state index contributed by atoms with van der Waals surface area (Å²) in [5.41, 5.74) is 0.303. The van der Waals surface area contributed by atoms with Crippen molar-refractivity contribution in [2.45, 2.75) is 83.8 Å². The molecule has 1 unspecified atom stereocenters. The molecule has 5 heteroatoms. The molecule has 1 saturated heterocycles. The molecule has 5 nitrogen and oxygen atoms in total. The molecule has 1 heterocycles. The molecule has 3 atom stereocenters. The topological polar surface area (TPSA) is 59.0 Å². The molecule has 0 radical (unpaired) electrons. The number of amides is 1. The van der Waals surface area contributed by atoms with E-state index in [1.165, 1.54) is 17.7 Å². The number of unbranched alkanes of at least 4 members (excludes halogenated alkanes) is 4. The summed E-state index contributed by atoms with van der Waals surface area (Å²) >= 11 is 0. The fourth-order valence-electron chi connectivity index (χ4n) is 3.14. The fraction of sp³-hybridized carbons (Fsp3) is 0.609. The van der Waals surface area contributed by atoms with E-state index in [4.69, 9.17) is 9.47 Å². The zero-order valence-electron chi connectivity index (χ0n) is 17.5. The summed E-state index contributed by atoms with van der Waals surface area (Å²) in [7, 11) is 0. The van der Waals surface area contributed by atoms with Gasteiger partial charge in [0.2, 0.25) is 0 Å². The minimum absolute atomic E-state index is 0.295. The summed E-state index contributed by atoms with van der Waals surface area (Å²) in [6.07, 6.45) is 2.84. The van der Waals surface area contributed by atoms with E-state index in [0.29, 0.717) is 6.61 Å². The van der Waals surface area contributed by atoms with E-state index in [1.54, 1.807) is 0 Å². The van der Waals surface area contributed by atoms with Crippen LogP contribution in [0.4, 0.5) is 4.79 Å². The Morgan fingerprint density at radius 3 is 2.64 bits per heavy atom. The first kappa shape index (κ1) is 22.3. The SMILES string of the molecule is CCCCCCC#C[C@H](O)C1OC[C@@H](c2ccccc2)N1C(=O)OC(C)(C)C. The molecule has 0 aromatic heterocycles. The monoisotopic (exact) mass is 387 g/mol. The second-order valence-corrected chi connectivity index (χ2v) is 8.11. The zero-order chi connectivity index (χ0) is 20.6. The number of benzene rings is 1. The normalized spacial score (nSPS) is 20.4. The molecule has 0 bridgehead atoms. The van der Waals surface area contributed by atoms with Crippen LogP contribution in [0.25, 0.3) is 0 Å². The van der Waals surface area contributed by atoms with Crippen molar-refractivity contribution < 1.29 is 19.4 Å². The molecule has 28 heavy (non-hydrogen) atoms. The van der Waals surface area contributed by atoms with Gasteiger partial charge in [0, 0.05) is 6.42 Å². The van der Waals surface area contributed by atoms with Crippen LogP contribution in [0.1, 0.15) is 71.4 Å². The van der Waals surface area contributed by atoms with Crippen molar-refractivity contribution in [2.24, 2.45) is 0 Å². The van der Waals surface area contributed by atoms with Gasteiger partial charge >= 0.3 is 6.09 Å². The molecule has 154 valence electrons. The lowest BCUT2D eigenvalue weighted by Gasteiger charge is -2.31. The molecule has 1 amide bonds. The van der Waals surface area contributed by atoms with E-state index < -0.39 is 24.0 Å². The van der Waals surface area contributed by atoms with Crippen LogP contribution in [0, 0.1) is 11.8 Å². The standard InChI is InChI=1S/C23H33NO4/c1-5-6-7-8-9-13-16-20(25)21-24(22(26)28-23(2,3)4)19(17-27-21)18-14-11-10-12-15-18/h10-12,14-15,19-21,25H,5-9,17H2,1-4H3/t19-,20-,21?/m0/s1. The Morgan fingerprint density at radius 2 is 2.00 bits per heavy atom. The van der Waals surface area contributed by atoms with Gasteiger partial charge < -0.3 is 14.6 Å². The Kier molecular flexibility index (Phi) is 8.35. The summed E-state index contributed by atoms with van der Waals surface area (Å²) < 4.78 is 11.4. The molecule has 1 aliphatic rings. The van der Waals surface area contributed by atoms with Gasteiger partial charge in [-0.15, -0.1) is 5.92 Å². The Morgan fingerprint density at radius 1 is 1.29 bits per heavy atom. The van der Waals surface area contributed by atoms with Gasteiger partial charge in [-0.25, -0.2) is 4.79 Å². The Balaban J connectivity index is 2.13. The van der Waals surface area contributed by atoms with Gasteiger partial charge in [0.25, 0.3) is 0 Å². The molecule has 1 aliphatic heterocycles. The summed E-state index contributed by atoms with van der Waals surface area (Å²) in [6.45, 7) is 7.92. The van der Waals surface area contributed by atoms with Gasteiger partial charge in [0.15, 0.2) is 12.3 Å². The van der Waals surface area contributed by atoms with Crippen LogP contribution in [0.15, 0.2) is 30.3 Å². The van der Waals surface area contributed by atoms with Crippen LogP contribution in [-0.2, 0) is 9.47 Å². The lowest BCUT2D eigenvalue weighted by atomic mass is 10.1. The van der Waals surface area contributed by atoms with Crippen LogP contribution >= 0.6 is 0 Å². The van der Waals surface area contributed by atoms with Crippen LogP contribution in [-0.4, -0.2) is 40.6 Å². The van der Waals surface area contributed by atoms with Crippen molar-refractivity contribution in [3.8, 4) is 11.8 Å². The highest BCUT2D eigenvalue weighted by Crippen LogP contribution is 2.33. The van der Waals surface area contributed by atoms with Gasteiger partial charge in [-0.2, -0.15) is 0 Å². The molecule has 1 fully saturated rings. The summed E-state index contributed by atoms with van der Waals surface area (Å²) in [5.74, 6) is 5.88. The van der Waals surface area contributed by atoms with Crippen LogP contribution in [0.5, 0.6) is 0 Å². The molecular weight excluding hydrogens is 354 g/mol. The average Bonchev–Trinajstić information content (AvgIpc) is 3.09. The molecule has 0 saturated carbocycles. The number of rotatable bonds is 6. The summed E-state index contributed by atoms with van der Waals surface area (Å²) in [4.78, 5) is 14.4. The second kappa shape index (κ2) is 10.5. The Labute approximate surface area is 169 Å². The number of hydrogen-bond donors (Lipinski definition) is 1. The van der Waals surface area contributed by atoms with E-state index in [-0.39, 0.29) is 6.04 Å². The van der Waals surface area contributed by atoms with Crippen molar-refractivity contribution in [1.29, 1.82) is 0 Å². The largest absolute Gasteiger partial charge is 0.444 e. The maximum absolute atomic E-state index is 12.9. The third-order valence-corrected chi connectivity index (χ3v) is 4.50. The summed E-state index contributed by atoms with van der Waals surface area (Å²) in [6, 6.07) is 9.33. The Hall–Kier alpha value is -2.03. The van der Waals surface area contributed by atoms with E-state index in [0.717, 1.165) is 24.8 Å². The van der Waals surface area contributed by atoms with Crippen molar-refractivity contribution >= 4 is 6.09 Å². The maximum atomic E-state index is 12.9. The minimum Gasteiger partial charge on any atom is -0.444 e. The number of aliphatic hydroxyl groups excluding tert-OH is 1. The molecular formula is C23H33NO4. The number of nitrogens with zero attached hydrogens (tertiary/aromatic N) is 1. The van der Waals surface area contributed by atoms with Crippen molar-refractivity contribution in [3.63, 3.8) is 0 Å². The highest BCUT2D eigenvalue weighted by Gasteiger charge is 2.44. The average molecular weight is 388 g/mol.